The number of likely N-dealkylation sites (tertiary alicyclic amines) is 1. The second-order valence-electron chi connectivity index (χ2n) is 8.61. The van der Waals surface area contributed by atoms with Crippen molar-refractivity contribution >= 4 is 11.8 Å². The van der Waals surface area contributed by atoms with Crippen molar-refractivity contribution in [2.24, 2.45) is 0 Å². The molecule has 2 aromatic rings. The fourth-order valence-corrected chi connectivity index (χ4v) is 4.69. The van der Waals surface area contributed by atoms with Gasteiger partial charge in [0, 0.05) is 19.0 Å². The molecular weight excluding hydrogens is 392 g/mol. The Kier molecular flexibility index (Phi) is 6.89. The average Bonchev–Trinajstić information content (AvgIpc) is 3.50. The van der Waals surface area contributed by atoms with Crippen molar-refractivity contribution in [3.8, 4) is 5.75 Å². The first-order valence-corrected chi connectivity index (χ1v) is 11.4. The van der Waals surface area contributed by atoms with Crippen molar-refractivity contribution in [1.82, 2.24) is 20.4 Å². The van der Waals surface area contributed by atoms with Gasteiger partial charge in [0.2, 0.25) is 5.91 Å². The van der Waals surface area contributed by atoms with Crippen molar-refractivity contribution in [2.45, 2.75) is 69.9 Å². The van der Waals surface area contributed by atoms with E-state index in [1.165, 1.54) is 12.8 Å². The molecule has 2 heterocycles. The molecule has 2 aliphatic rings. The molecule has 0 bridgehead atoms. The van der Waals surface area contributed by atoms with Crippen molar-refractivity contribution in [3.63, 3.8) is 0 Å². The van der Waals surface area contributed by atoms with Crippen LogP contribution in [-0.4, -0.2) is 46.6 Å². The summed E-state index contributed by atoms with van der Waals surface area (Å²) in [5.41, 5.74) is 2.39. The summed E-state index contributed by atoms with van der Waals surface area (Å²) in [4.78, 5) is 27.5. The van der Waals surface area contributed by atoms with Gasteiger partial charge in [0.25, 0.3) is 5.91 Å². The zero-order valence-electron chi connectivity index (χ0n) is 18.2. The van der Waals surface area contributed by atoms with Crippen LogP contribution in [0.2, 0.25) is 0 Å². The Labute approximate surface area is 183 Å². The van der Waals surface area contributed by atoms with Crippen LogP contribution in [0.25, 0.3) is 0 Å². The van der Waals surface area contributed by atoms with Gasteiger partial charge >= 0.3 is 0 Å². The van der Waals surface area contributed by atoms with Gasteiger partial charge < -0.3 is 15.0 Å². The number of amides is 2. The smallest absolute Gasteiger partial charge is 0.271 e. The Morgan fingerprint density at radius 3 is 2.61 bits per heavy atom. The number of carbonyl (C=O) groups excluding carboxylic acids is 2. The SMILES string of the molecule is COc1ccc(CCC(=O)N2CCCC[C@@H]2c2cc(C(=O)NC3CCCC3)n[nH]2)cc1. The third-order valence-corrected chi connectivity index (χ3v) is 6.49. The average molecular weight is 425 g/mol. The molecule has 4 rings (SSSR count). The molecule has 2 fully saturated rings. The summed E-state index contributed by atoms with van der Waals surface area (Å²) < 4.78 is 5.20. The zero-order chi connectivity index (χ0) is 21.6. The van der Waals surface area contributed by atoms with Gasteiger partial charge in [-0.15, -0.1) is 0 Å². The maximum atomic E-state index is 13.0. The number of carbonyl (C=O) groups is 2. The topological polar surface area (TPSA) is 87.3 Å². The van der Waals surface area contributed by atoms with E-state index >= 15 is 0 Å². The second-order valence-corrected chi connectivity index (χ2v) is 8.61. The molecule has 7 heteroatoms. The summed E-state index contributed by atoms with van der Waals surface area (Å²) in [5.74, 6) is 0.841. The molecule has 1 saturated heterocycles. The maximum absolute atomic E-state index is 13.0. The van der Waals surface area contributed by atoms with Gasteiger partial charge in [-0.2, -0.15) is 5.10 Å². The highest BCUT2D eigenvalue weighted by molar-refractivity contribution is 5.92. The molecule has 1 aliphatic heterocycles. The number of methoxy groups -OCH3 is 1. The molecule has 166 valence electrons. The quantitative estimate of drug-likeness (QED) is 0.708. The van der Waals surface area contributed by atoms with Crippen molar-refractivity contribution in [3.05, 3.63) is 47.3 Å². The number of benzene rings is 1. The van der Waals surface area contributed by atoms with Crippen molar-refractivity contribution < 1.29 is 14.3 Å². The van der Waals surface area contributed by atoms with Gasteiger partial charge in [0.15, 0.2) is 0 Å². The van der Waals surface area contributed by atoms with Gasteiger partial charge in [-0.1, -0.05) is 25.0 Å². The highest BCUT2D eigenvalue weighted by Gasteiger charge is 2.30. The Hall–Kier alpha value is -2.83. The molecule has 1 aromatic carbocycles. The van der Waals surface area contributed by atoms with Crippen molar-refractivity contribution in [2.75, 3.05) is 13.7 Å². The molecule has 0 unspecified atom stereocenters. The Balaban J connectivity index is 1.38. The molecule has 31 heavy (non-hydrogen) atoms. The lowest BCUT2D eigenvalue weighted by molar-refractivity contribution is -0.135. The first-order valence-electron chi connectivity index (χ1n) is 11.4. The van der Waals surface area contributed by atoms with Crippen LogP contribution in [-0.2, 0) is 11.2 Å². The fraction of sp³-hybridized carbons (Fsp3) is 0.542. The summed E-state index contributed by atoms with van der Waals surface area (Å²) in [6.45, 7) is 0.745. The van der Waals surface area contributed by atoms with E-state index in [-0.39, 0.29) is 23.9 Å². The van der Waals surface area contributed by atoms with Crippen LogP contribution in [0.1, 0.15) is 79.2 Å². The van der Waals surface area contributed by atoms with E-state index in [9.17, 15) is 9.59 Å². The van der Waals surface area contributed by atoms with E-state index in [1.54, 1.807) is 7.11 Å². The molecule has 0 spiro atoms. The molecular formula is C24H32N4O3. The number of hydrogen-bond acceptors (Lipinski definition) is 4. The predicted octanol–water partition coefficient (Wildman–Crippen LogP) is 3.78. The number of aromatic nitrogens is 2. The van der Waals surface area contributed by atoms with Crippen molar-refractivity contribution in [1.29, 1.82) is 0 Å². The number of aromatic amines is 1. The maximum Gasteiger partial charge on any atom is 0.271 e. The highest BCUT2D eigenvalue weighted by Crippen LogP contribution is 2.31. The normalized spacial score (nSPS) is 19.4. The van der Waals surface area contributed by atoms with Gasteiger partial charge in [0.1, 0.15) is 11.4 Å². The van der Waals surface area contributed by atoms with E-state index in [2.05, 4.69) is 15.5 Å². The van der Waals surface area contributed by atoms with Crippen LogP contribution < -0.4 is 10.1 Å². The van der Waals surface area contributed by atoms with E-state index < -0.39 is 0 Å². The van der Waals surface area contributed by atoms with E-state index in [4.69, 9.17) is 4.74 Å². The number of nitrogens with one attached hydrogen (secondary N) is 2. The minimum absolute atomic E-state index is 0.0438. The van der Waals surface area contributed by atoms with Gasteiger partial charge in [-0.25, -0.2) is 0 Å². The molecule has 2 amide bonds. The van der Waals surface area contributed by atoms with Crippen LogP contribution in [0, 0.1) is 0 Å². The number of hydrogen-bond donors (Lipinski definition) is 2. The summed E-state index contributed by atoms with van der Waals surface area (Å²) in [6.07, 6.45) is 8.56. The minimum Gasteiger partial charge on any atom is -0.497 e. The predicted molar refractivity (Wildman–Crippen MR) is 118 cm³/mol. The number of H-pyrrole nitrogens is 1. The lowest BCUT2D eigenvalue weighted by Gasteiger charge is -2.35. The Morgan fingerprint density at radius 1 is 1.13 bits per heavy atom. The number of rotatable bonds is 7. The third-order valence-electron chi connectivity index (χ3n) is 6.49. The fourth-order valence-electron chi connectivity index (χ4n) is 4.69. The molecule has 2 N–H and O–H groups in total. The number of piperidine rings is 1. The summed E-state index contributed by atoms with van der Waals surface area (Å²) in [6, 6.07) is 9.90. The Bertz CT molecular complexity index is 886. The molecule has 1 aliphatic carbocycles. The zero-order valence-corrected chi connectivity index (χ0v) is 18.2. The molecule has 1 saturated carbocycles. The van der Waals surface area contributed by atoms with Crippen LogP contribution >= 0.6 is 0 Å². The first-order chi connectivity index (χ1) is 15.1. The third kappa shape index (κ3) is 5.27. The van der Waals surface area contributed by atoms with E-state index in [0.29, 0.717) is 18.5 Å². The highest BCUT2D eigenvalue weighted by atomic mass is 16.5. The monoisotopic (exact) mass is 424 g/mol. The minimum atomic E-state index is -0.123. The standard InChI is InChI=1S/C24H32N4O3/c1-31-19-12-9-17(10-13-19)11-14-23(29)28-15-5-4-8-22(28)20-16-21(27-26-20)24(30)25-18-6-2-3-7-18/h9-10,12-13,16,18,22H,2-8,11,14-15H2,1H3,(H,25,30)(H,26,27)/t22-/m1/s1. The molecule has 1 aromatic heterocycles. The van der Waals surface area contributed by atoms with Crippen LogP contribution in [0.5, 0.6) is 5.75 Å². The van der Waals surface area contributed by atoms with E-state index in [1.807, 2.05) is 35.2 Å². The van der Waals surface area contributed by atoms with Gasteiger partial charge in [0.05, 0.1) is 18.8 Å². The lowest BCUT2D eigenvalue weighted by Crippen LogP contribution is -2.38. The van der Waals surface area contributed by atoms with Crippen LogP contribution in [0.15, 0.2) is 30.3 Å². The second kappa shape index (κ2) is 9.98. The Morgan fingerprint density at radius 2 is 1.87 bits per heavy atom. The summed E-state index contributed by atoms with van der Waals surface area (Å²) >= 11 is 0. The number of aryl methyl sites for hydroxylation is 1. The summed E-state index contributed by atoms with van der Waals surface area (Å²) in [5, 5.41) is 10.4. The number of nitrogens with zero attached hydrogens (tertiary/aromatic N) is 2. The molecule has 7 nitrogen and oxygen atoms in total. The lowest BCUT2D eigenvalue weighted by atomic mass is 9.98. The molecule has 0 radical (unpaired) electrons. The largest absolute Gasteiger partial charge is 0.497 e. The van der Waals surface area contributed by atoms with E-state index in [0.717, 1.165) is 55.7 Å². The van der Waals surface area contributed by atoms with Gasteiger partial charge in [-0.05, 0) is 62.3 Å². The van der Waals surface area contributed by atoms with Gasteiger partial charge in [-0.3, -0.25) is 14.7 Å². The number of ether oxygens (including phenoxy) is 1. The first kappa shape index (κ1) is 21.4. The van der Waals surface area contributed by atoms with Crippen LogP contribution in [0.3, 0.4) is 0 Å². The summed E-state index contributed by atoms with van der Waals surface area (Å²) in [7, 11) is 1.65. The van der Waals surface area contributed by atoms with Crippen LogP contribution in [0.4, 0.5) is 0 Å². The molecule has 1 atom stereocenters.